The van der Waals surface area contributed by atoms with Gasteiger partial charge in [-0.25, -0.2) is 4.98 Å². The van der Waals surface area contributed by atoms with Gasteiger partial charge in [0.2, 0.25) is 0 Å². The third-order valence-electron chi connectivity index (χ3n) is 4.17. The molecule has 0 spiro atoms. The first kappa shape index (κ1) is 15.1. The molecule has 116 valence electrons. The minimum absolute atomic E-state index is 0.544. The fourth-order valence-electron chi connectivity index (χ4n) is 2.86. The zero-order valence-electron chi connectivity index (χ0n) is 13.0. The molecule has 1 aliphatic rings. The number of halogens is 1. The molecule has 3 rings (SSSR count). The van der Waals surface area contributed by atoms with Crippen molar-refractivity contribution in [2.45, 2.75) is 6.92 Å². The minimum Gasteiger partial charge on any atom is -0.384 e. The van der Waals surface area contributed by atoms with Crippen LogP contribution in [-0.2, 0) is 0 Å². The summed E-state index contributed by atoms with van der Waals surface area (Å²) in [5, 5.41) is 0.752. The van der Waals surface area contributed by atoms with Crippen LogP contribution in [-0.4, -0.2) is 43.1 Å². The van der Waals surface area contributed by atoms with Crippen molar-refractivity contribution < 1.29 is 0 Å². The molecule has 2 aromatic rings. The van der Waals surface area contributed by atoms with Gasteiger partial charge in [0.05, 0.1) is 0 Å². The van der Waals surface area contributed by atoms with Crippen molar-refractivity contribution in [3.05, 3.63) is 41.0 Å². The van der Waals surface area contributed by atoms with Crippen molar-refractivity contribution in [3.8, 4) is 11.1 Å². The number of nitrogen functional groups attached to an aromatic ring is 1. The fraction of sp³-hybridized carbons (Fsp3) is 0.353. The topological polar surface area (TPSA) is 45.4 Å². The van der Waals surface area contributed by atoms with Crippen LogP contribution in [0.2, 0.25) is 5.02 Å². The van der Waals surface area contributed by atoms with E-state index in [0.717, 1.165) is 48.0 Å². The van der Waals surface area contributed by atoms with Crippen LogP contribution >= 0.6 is 11.6 Å². The Morgan fingerprint density at radius 2 is 1.82 bits per heavy atom. The minimum atomic E-state index is 0.544. The molecule has 0 aliphatic carbocycles. The highest BCUT2D eigenvalue weighted by Gasteiger charge is 2.16. The fourth-order valence-corrected chi connectivity index (χ4v) is 3.09. The lowest BCUT2D eigenvalue weighted by Gasteiger charge is -2.34. The molecule has 1 aliphatic heterocycles. The summed E-state index contributed by atoms with van der Waals surface area (Å²) in [5.41, 5.74) is 10.0. The van der Waals surface area contributed by atoms with Crippen LogP contribution in [0, 0.1) is 6.92 Å². The van der Waals surface area contributed by atoms with Crippen LogP contribution in [0.1, 0.15) is 5.69 Å². The quantitative estimate of drug-likeness (QED) is 0.925. The molecule has 2 N–H and O–H groups in total. The Kier molecular flexibility index (Phi) is 4.23. The predicted molar refractivity (Wildman–Crippen MR) is 93.5 cm³/mol. The number of benzene rings is 1. The molecule has 22 heavy (non-hydrogen) atoms. The van der Waals surface area contributed by atoms with Gasteiger partial charge < -0.3 is 15.5 Å². The number of aromatic nitrogens is 1. The second-order valence-corrected chi connectivity index (χ2v) is 6.29. The van der Waals surface area contributed by atoms with E-state index in [9.17, 15) is 0 Å². The standard InChI is InChI=1S/C17H21ClN4/c1-12-16(3-4-17(19)20-12)13-9-14(18)11-15(10-13)22-7-5-21(2)6-8-22/h3-4,9-11H,5-8H2,1-2H3,(H2,19,20). The summed E-state index contributed by atoms with van der Waals surface area (Å²) in [6, 6.07) is 10.1. The summed E-state index contributed by atoms with van der Waals surface area (Å²) in [6.07, 6.45) is 0. The summed E-state index contributed by atoms with van der Waals surface area (Å²) in [7, 11) is 2.16. The zero-order valence-corrected chi connectivity index (χ0v) is 13.8. The van der Waals surface area contributed by atoms with Crippen LogP contribution in [0.3, 0.4) is 0 Å². The molecule has 1 aromatic carbocycles. The van der Waals surface area contributed by atoms with Gasteiger partial charge in [-0.3, -0.25) is 0 Å². The Bertz CT molecular complexity index is 678. The smallest absolute Gasteiger partial charge is 0.123 e. The lowest BCUT2D eigenvalue weighted by molar-refractivity contribution is 0.313. The number of hydrogen-bond donors (Lipinski definition) is 1. The number of nitrogens with two attached hydrogens (primary N) is 1. The summed E-state index contributed by atoms with van der Waals surface area (Å²) in [6.45, 7) is 6.17. The highest BCUT2D eigenvalue weighted by Crippen LogP contribution is 2.31. The number of anilines is 2. The molecule has 0 saturated carbocycles. The number of pyridine rings is 1. The Balaban J connectivity index is 1.96. The van der Waals surface area contributed by atoms with E-state index in [2.05, 4.69) is 27.9 Å². The van der Waals surface area contributed by atoms with E-state index in [1.807, 2.05) is 31.2 Å². The molecule has 1 aromatic heterocycles. The number of rotatable bonds is 2. The van der Waals surface area contributed by atoms with Crippen LogP contribution in [0.15, 0.2) is 30.3 Å². The van der Waals surface area contributed by atoms with Crippen LogP contribution < -0.4 is 10.6 Å². The maximum atomic E-state index is 6.35. The van der Waals surface area contributed by atoms with E-state index in [-0.39, 0.29) is 0 Å². The maximum absolute atomic E-state index is 6.35. The zero-order chi connectivity index (χ0) is 15.7. The van der Waals surface area contributed by atoms with Gasteiger partial charge in [-0.05, 0) is 49.9 Å². The Hall–Kier alpha value is -1.78. The molecule has 1 saturated heterocycles. The third-order valence-corrected chi connectivity index (χ3v) is 4.39. The first-order valence-electron chi connectivity index (χ1n) is 7.50. The van der Waals surface area contributed by atoms with Crippen molar-refractivity contribution in [3.63, 3.8) is 0 Å². The SMILES string of the molecule is Cc1nc(N)ccc1-c1cc(Cl)cc(N2CCN(C)CC2)c1. The summed E-state index contributed by atoms with van der Waals surface area (Å²) >= 11 is 6.35. The lowest BCUT2D eigenvalue weighted by Crippen LogP contribution is -2.44. The molecule has 5 heteroatoms. The second-order valence-electron chi connectivity index (χ2n) is 5.86. The largest absolute Gasteiger partial charge is 0.384 e. The first-order chi connectivity index (χ1) is 10.5. The Morgan fingerprint density at radius 3 is 2.50 bits per heavy atom. The molecule has 1 fully saturated rings. The van der Waals surface area contributed by atoms with Crippen molar-refractivity contribution >= 4 is 23.1 Å². The molecule has 0 atom stereocenters. The van der Waals surface area contributed by atoms with Gasteiger partial charge in [-0.15, -0.1) is 0 Å². The lowest BCUT2D eigenvalue weighted by atomic mass is 10.0. The Labute approximate surface area is 136 Å². The highest BCUT2D eigenvalue weighted by molar-refractivity contribution is 6.31. The first-order valence-corrected chi connectivity index (χ1v) is 7.88. The maximum Gasteiger partial charge on any atom is 0.123 e. The summed E-state index contributed by atoms with van der Waals surface area (Å²) in [4.78, 5) is 9.07. The number of aryl methyl sites for hydroxylation is 1. The number of hydrogen-bond acceptors (Lipinski definition) is 4. The van der Waals surface area contributed by atoms with Crippen LogP contribution in [0.4, 0.5) is 11.5 Å². The molecular formula is C17H21ClN4. The van der Waals surface area contributed by atoms with Gasteiger partial charge in [0.1, 0.15) is 5.82 Å². The number of likely N-dealkylation sites (N-methyl/N-ethyl adjacent to an activating group) is 1. The third kappa shape index (κ3) is 3.18. The highest BCUT2D eigenvalue weighted by atomic mass is 35.5. The van der Waals surface area contributed by atoms with E-state index in [1.165, 1.54) is 5.69 Å². The van der Waals surface area contributed by atoms with E-state index in [1.54, 1.807) is 0 Å². The van der Waals surface area contributed by atoms with Gasteiger partial charge in [-0.1, -0.05) is 11.6 Å². The molecule has 4 nitrogen and oxygen atoms in total. The van der Waals surface area contributed by atoms with Crippen molar-refractivity contribution in [1.82, 2.24) is 9.88 Å². The van der Waals surface area contributed by atoms with E-state index in [0.29, 0.717) is 5.82 Å². The van der Waals surface area contributed by atoms with Gasteiger partial charge in [-0.2, -0.15) is 0 Å². The van der Waals surface area contributed by atoms with Crippen molar-refractivity contribution in [2.75, 3.05) is 43.9 Å². The van der Waals surface area contributed by atoms with Crippen LogP contribution in [0.5, 0.6) is 0 Å². The van der Waals surface area contributed by atoms with E-state index in [4.69, 9.17) is 17.3 Å². The number of piperazine rings is 1. The average Bonchev–Trinajstić information content (AvgIpc) is 2.47. The van der Waals surface area contributed by atoms with Gasteiger partial charge in [0.15, 0.2) is 0 Å². The summed E-state index contributed by atoms with van der Waals surface area (Å²) < 4.78 is 0. The van der Waals surface area contributed by atoms with Gasteiger partial charge in [0.25, 0.3) is 0 Å². The van der Waals surface area contributed by atoms with Crippen molar-refractivity contribution in [1.29, 1.82) is 0 Å². The predicted octanol–water partition coefficient (Wildman–Crippen LogP) is 3.04. The molecule has 2 heterocycles. The normalized spacial score (nSPS) is 16.0. The van der Waals surface area contributed by atoms with Crippen molar-refractivity contribution in [2.24, 2.45) is 0 Å². The second kappa shape index (κ2) is 6.15. The molecule has 0 amide bonds. The van der Waals surface area contributed by atoms with Gasteiger partial charge >= 0.3 is 0 Å². The molecule has 0 radical (unpaired) electrons. The molecule has 0 bridgehead atoms. The average molecular weight is 317 g/mol. The summed E-state index contributed by atoms with van der Waals surface area (Å²) in [5.74, 6) is 0.544. The van der Waals surface area contributed by atoms with E-state index >= 15 is 0 Å². The van der Waals surface area contributed by atoms with Crippen LogP contribution in [0.25, 0.3) is 11.1 Å². The monoisotopic (exact) mass is 316 g/mol. The molecule has 0 unspecified atom stereocenters. The Morgan fingerprint density at radius 1 is 1.09 bits per heavy atom. The molecular weight excluding hydrogens is 296 g/mol. The van der Waals surface area contributed by atoms with Gasteiger partial charge in [0, 0.05) is 48.1 Å². The number of nitrogens with zero attached hydrogens (tertiary/aromatic N) is 3. The van der Waals surface area contributed by atoms with E-state index < -0.39 is 0 Å².